The quantitative estimate of drug-likeness (QED) is 0.635. The highest BCUT2D eigenvalue weighted by Gasteiger charge is 2.29. The van der Waals surface area contributed by atoms with Crippen molar-refractivity contribution in [1.29, 1.82) is 0 Å². The highest BCUT2D eigenvalue weighted by molar-refractivity contribution is 7.71. The first-order chi connectivity index (χ1) is 12.3. The van der Waals surface area contributed by atoms with E-state index in [1.54, 1.807) is 11.3 Å². The first-order valence-electron chi connectivity index (χ1n) is 8.82. The first-order valence-corrected chi connectivity index (χ1v) is 10.1. The number of aromatic nitrogens is 3. The van der Waals surface area contributed by atoms with E-state index in [0.717, 1.165) is 36.8 Å². The molecule has 3 aromatic rings. The second-order valence-corrected chi connectivity index (χ2v) is 8.21. The molecule has 1 saturated carbocycles. The Bertz CT molecular complexity index is 950. The molecule has 1 aromatic carbocycles. The van der Waals surface area contributed by atoms with Crippen LogP contribution in [0.4, 0.5) is 0 Å². The molecule has 0 amide bonds. The van der Waals surface area contributed by atoms with Gasteiger partial charge in [0.25, 0.3) is 0 Å². The average molecular weight is 369 g/mol. The smallest absolute Gasteiger partial charge is 0.199 e. The predicted octanol–water partition coefficient (Wildman–Crippen LogP) is 4.49. The number of nitrogens with zero attached hydrogens (tertiary/aromatic N) is 4. The van der Waals surface area contributed by atoms with Crippen molar-refractivity contribution in [2.24, 2.45) is 0 Å². The van der Waals surface area contributed by atoms with Crippen LogP contribution in [0, 0.1) is 4.77 Å². The van der Waals surface area contributed by atoms with E-state index in [1.807, 2.05) is 4.68 Å². The minimum atomic E-state index is 0.542. The molecule has 0 bridgehead atoms. The molecule has 1 aliphatic carbocycles. The highest BCUT2D eigenvalue weighted by atomic mass is 32.1. The Morgan fingerprint density at radius 1 is 1.12 bits per heavy atom. The van der Waals surface area contributed by atoms with E-state index in [1.165, 1.54) is 28.8 Å². The van der Waals surface area contributed by atoms with Crippen LogP contribution in [0.15, 0.2) is 41.8 Å². The lowest BCUT2D eigenvalue weighted by Gasteiger charge is -2.28. The Morgan fingerprint density at radius 3 is 2.72 bits per heavy atom. The molecule has 25 heavy (non-hydrogen) atoms. The molecule has 0 radical (unpaired) electrons. The summed E-state index contributed by atoms with van der Waals surface area (Å²) in [5, 5.41) is 7.02. The Kier molecular flexibility index (Phi) is 3.84. The number of rotatable bonds is 4. The van der Waals surface area contributed by atoms with Crippen LogP contribution in [-0.4, -0.2) is 25.8 Å². The van der Waals surface area contributed by atoms with Gasteiger partial charge in [0.1, 0.15) is 0 Å². The van der Waals surface area contributed by atoms with E-state index in [9.17, 15) is 0 Å². The third-order valence-electron chi connectivity index (χ3n) is 5.07. The second-order valence-electron chi connectivity index (χ2n) is 6.90. The number of thiophene rings is 1. The van der Waals surface area contributed by atoms with Crippen molar-refractivity contribution < 1.29 is 0 Å². The van der Waals surface area contributed by atoms with Gasteiger partial charge in [-0.2, -0.15) is 0 Å². The molecule has 0 unspecified atom stereocenters. The maximum absolute atomic E-state index is 5.79. The van der Waals surface area contributed by atoms with Gasteiger partial charge in [0.05, 0.1) is 11.5 Å². The summed E-state index contributed by atoms with van der Waals surface area (Å²) in [4.78, 5) is 3.65. The van der Waals surface area contributed by atoms with Crippen molar-refractivity contribution in [2.45, 2.75) is 38.5 Å². The standard InChI is InChI=1S/C19H20N4S2/c24-19-22(13-21-10-9-14-4-1-2-5-15(14)12-21)20-18(17-6-3-11-25-17)23(19)16-7-8-16/h1-6,11,16H,7-10,12-13H2. The lowest BCUT2D eigenvalue weighted by atomic mass is 10.0. The van der Waals surface area contributed by atoms with Crippen LogP contribution in [0.5, 0.6) is 0 Å². The summed E-state index contributed by atoms with van der Waals surface area (Å²) in [6, 6.07) is 13.5. The van der Waals surface area contributed by atoms with Gasteiger partial charge >= 0.3 is 0 Å². The van der Waals surface area contributed by atoms with Gasteiger partial charge in [-0.15, -0.1) is 16.4 Å². The molecule has 128 valence electrons. The molecule has 3 heterocycles. The number of benzene rings is 1. The Morgan fingerprint density at radius 2 is 1.96 bits per heavy atom. The summed E-state index contributed by atoms with van der Waals surface area (Å²) in [5.74, 6) is 1.04. The van der Waals surface area contributed by atoms with Gasteiger partial charge in [0.15, 0.2) is 10.6 Å². The Hall–Kier alpha value is -1.76. The van der Waals surface area contributed by atoms with Crippen LogP contribution in [0.2, 0.25) is 0 Å². The third kappa shape index (κ3) is 2.88. The summed E-state index contributed by atoms with van der Waals surface area (Å²) < 4.78 is 5.17. The molecule has 5 rings (SSSR count). The summed E-state index contributed by atoms with van der Waals surface area (Å²) in [7, 11) is 0. The van der Waals surface area contributed by atoms with Crippen LogP contribution in [-0.2, 0) is 19.6 Å². The second kappa shape index (κ2) is 6.20. The van der Waals surface area contributed by atoms with Gasteiger partial charge in [-0.25, -0.2) is 4.68 Å². The van der Waals surface area contributed by atoms with Gasteiger partial charge in [-0.1, -0.05) is 30.3 Å². The Labute approximate surface area is 156 Å². The molecule has 0 saturated heterocycles. The molecule has 4 nitrogen and oxygen atoms in total. The van der Waals surface area contributed by atoms with Crippen LogP contribution < -0.4 is 0 Å². The molecule has 0 atom stereocenters. The molecule has 0 N–H and O–H groups in total. The molecule has 1 aliphatic heterocycles. The fourth-order valence-corrected chi connectivity index (χ4v) is 4.65. The van der Waals surface area contributed by atoms with Gasteiger partial charge in [-0.05, 0) is 54.1 Å². The molecular formula is C19H20N4S2. The lowest BCUT2D eigenvalue weighted by Crippen LogP contribution is -2.32. The van der Waals surface area contributed by atoms with Crippen molar-refractivity contribution in [3.63, 3.8) is 0 Å². The zero-order chi connectivity index (χ0) is 16.8. The summed E-state index contributed by atoms with van der Waals surface area (Å²) in [5.41, 5.74) is 2.91. The van der Waals surface area contributed by atoms with E-state index in [0.29, 0.717) is 6.04 Å². The highest BCUT2D eigenvalue weighted by Crippen LogP contribution is 2.39. The van der Waals surface area contributed by atoms with Crippen molar-refractivity contribution in [1.82, 2.24) is 19.2 Å². The van der Waals surface area contributed by atoms with Gasteiger partial charge in [0, 0.05) is 19.1 Å². The minimum Gasteiger partial charge on any atom is -0.296 e. The van der Waals surface area contributed by atoms with Gasteiger partial charge < -0.3 is 0 Å². The van der Waals surface area contributed by atoms with Crippen LogP contribution in [0.25, 0.3) is 10.7 Å². The Balaban J connectivity index is 1.45. The van der Waals surface area contributed by atoms with E-state index in [2.05, 4.69) is 51.2 Å². The number of fused-ring (bicyclic) bond motifs is 1. The minimum absolute atomic E-state index is 0.542. The normalized spacial score (nSPS) is 17.6. The SMILES string of the molecule is S=c1n(CN2CCc3ccccc3C2)nc(-c2cccs2)n1C1CC1. The molecule has 6 heteroatoms. The van der Waals surface area contributed by atoms with Crippen molar-refractivity contribution in [2.75, 3.05) is 6.54 Å². The predicted molar refractivity (Wildman–Crippen MR) is 103 cm³/mol. The molecular weight excluding hydrogens is 348 g/mol. The molecule has 2 aliphatic rings. The number of hydrogen-bond donors (Lipinski definition) is 0. The molecule has 2 aromatic heterocycles. The van der Waals surface area contributed by atoms with Gasteiger partial charge in [0.2, 0.25) is 0 Å². The third-order valence-corrected chi connectivity index (χ3v) is 6.34. The molecule has 1 fully saturated rings. The fourth-order valence-electron chi connectivity index (χ4n) is 3.61. The summed E-state index contributed by atoms with van der Waals surface area (Å²) >= 11 is 7.53. The topological polar surface area (TPSA) is 26.0 Å². The maximum Gasteiger partial charge on any atom is 0.199 e. The monoisotopic (exact) mass is 368 g/mol. The summed E-state index contributed by atoms with van der Waals surface area (Å²) in [6.07, 6.45) is 3.54. The average Bonchev–Trinajstić information content (AvgIpc) is 3.21. The van der Waals surface area contributed by atoms with E-state index < -0.39 is 0 Å². The van der Waals surface area contributed by atoms with Crippen molar-refractivity contribution in [3.8, 4) is 10.7 Å². The van der Waals surface area contributed by atoms with E-state index in [4.69, 9.17) is 17.3 Å². The first kappa shape index (κ1) is 15.5. The summed E-state index contributed by atoms with van der Waals surface area (Å²) in [6.45, 7) is 2.80. The fraction of sp³-hybridized carbons (Fsp3) is 0.368. The largest absolute Gasteiger partial charge is 0.296 e. The van der Waals surface area contributed by atoms with E-state index >= 15 is 0 Å². The van der Waals surface area contributed by atoms with Crippen molar-refractivity contribution in [3.05, 3.63) is 57.7 Å². The zero-order valence-electron chi connectivity index (χ0n) is 14.0. The van der Waals surface area contributed by atoms with E-state index in [-0.39, 0.29) is 0 Å². The zero-order valence-corrected chi connectivity index (χ0v) is 15.6. The van der Waals surface area contributed by atoms with Crippen LogP contribution in [0.1, 0.15) is 30.0 Å². The maximum atomic E-state index is 5.79. The van der Waals surface area contributed by atoms with Gasteiger partial charge in [-0.3, -0.25) is 9.47 Å². The molecule has 0 spiro atoms. The van der Waals surface area contributed by atoms with Crippen LogP contribution >= 0.6 is 23.6 Å². The number of hydrogen-bond acceptors (Lipinski definition) is 4. The van der Waals surface area contributed by atoms with Crippen LogP contribution in [0.3, 0.4) is 0 Å². The van der Waals surface area contributed by atoms with Crippen molar-refractivity contribution >= 4 is 23.6 Å². The lowest BCUT2D eigenvalue weighted by molar-refractivity contribution is 0.188.